The maximum Gasteiger partial charge on any atom is 0.216 e. The van der Waals surface area contributed by atoms with Gasteiger partial charge in [0.05, 0.1) is 12.0 Å². The SMILES string of the molecule is COc1ccsc1C(=O)c1ccc(C)s1. The Bertz CT molecular complexity index is 482. The van der Waals surface area contributed by atoms with Gasteiger partial charge in [-0.1, -0.05) is 0 Å². The van der Waals surface area contributed by atoms with Gasteiger partial charge in [0.2, 0.25) is 5.78 Å². The third-order valence-electron chi connectivity index (χ3n) is 2.02. The van der Waals surface area contributed by atoms with E-state index in [2.05, 4.69) is 0 Å². The van der Waals surface area contributed by atoms with Crippen molar-refractivity contribution in [2.75, 3.05) is 7.11 Å². The first kappa shape index (κ1) is 10.4. The minimum Gasteiger partial charge on any atom is -0.495 e. The summed E-state index contributed by atoms with van der Waals surface area (Å²) >= 11 is 2.93. The molecule has 0 atom stereocenters. The van der Waals surface area contributed by atoms with E-state index < -0.39 is 0 Å². The van der Waals surface area contributed by atoms with E-state index in [-0.39, 0.29) is 5.78 Å². The molecular weight excluding hydrogens is 228 g/mol. The molecule has 15 heavy (non-hydrogen) atoms. The van der Waals surface area contributed by atoms with Gasteiger partial charge >= 0.3 is 0 Å². The zero-order valence-corrected chi connectivity index (χ0v) is 10.1. The van der Waals surface area contributed by atoms with Crippen LogP contribution in [0.3, 0.4) is 0 Å². The van der Waals surface area contributed by atoms with Gasteiger partial charge in [-0.2, -0.15) is 0 Å². The third kappa shape index (κ3) is 1.96. The molecule has 2 aromatic rings. The molecule has 0 aliphatic heterocycles. The Kier molecular flexibility index (Phi) is 2.88. The summed E-state index contributed by atoms with van der Waals surface area (Å²) in [6, 6.07) is 5.64. The van der Waals surface area contributed by atoms with Gasteiger partial charge in [0.25, 0.3) is 0 Å². The lowest BCUT2D eigenvalue weighted by molar-refractivity contribution is 0.104. The fourth-order valence-corrected chi connectivity index (χ4v) is 2.98. The molecule has 4 heteroatoms. The van der Waals surface area contributed by atoms with Crippen molar-refractivity contribution in [3.05, 3.63) is 38.2 Å². The van der Waals surface area contributed by atoms with Crippen molar-refractivity contribution in [2.24, 2.45) is 0 Å². The van der Waals surface area contributed by atoms with Crippen LogP contribution < -0.4 is 4.74 Å². The van der Waals surface area contributed by atoms with Crippen molar-refractivity contribution in [1.82, 2.24) is 0 Å². The van der Waals surface area contributed by atoms with Gasteiger partial charge in [-0.05, 0) is 30.5 Å². The summed E-state index contributed by atoms with van der Waals surface area (Å²) in [6.45, 7) is 1.99. The summed E-state index contributed by atoms with van der Waals surface area (Å²) in [7, 11) is 1.58. The summed E-state index contributed by atoms with van der Waals surface area (Å²) in [5.74, 6) is 0.719. The van der Waals surface area contributed by atoms with Crippen molar-refractivity contribution in [3.8, 4) is 5.75 Å². The number of rotatable bonds is 3. The van der Waals surface area contributed by atoms with Crippen molar-refractivity contribution in [2.45, 2.75) is 6.92 Å². The van der Waals surface area contributed by atoms with E-state index in [1.807, 2.05) is 30.5 Å². The van der Waals surface area contributed by atoms with E-state index in [4.69, 9.17) is 4.74 Å². The molecule has 0 saturated heterocycles. The second kappa shape index (κ2) is 4.16. The molecule has 0 unspecified atom stereocenters. The normalized spacial score (nSPS) is 10.3. The Morgan fingerprint density at radius 2 is 2.13 bits per heavy atom. The first-order valence-electron chi connectivity index (χ1n) is 4.45. The predicted octanol–water partition coefficient (Wildman–Crippen LogP) is 3.36. The van der Waals surface area contributed by atoms with Crippen molar-refractivity contribution in [1.29, 1.82) is 0 Å². The molecule has 2 rings (SSSR count). The van der Waals surface area contributed by atoms with Gasteiger partial charge in [-0.15, -0.1) is 22.7 Å². The molecule has 0 N–H and O–H groups in total. The number of methoxy groups -OCH3 is 1. The molecule has 0 amide bonds. The Hall–Kier alpha value is -1.13. The van der Waals surface area contributed by atoms with Gasteiger partial charge in [0.15, 0.2) is 0 Å². The molecule has 2 aromatic heterocycles. The first-order valence-corrected chi connectivity index (χ1v) is 6.14. The van der Waals surface area contributed by atoms with Crippen LogP contribution in [0.25, 0.3) is 0 Å². The second-order valence-corrected chi connectivity index (χ2v) is 5.26. The number of carbonyl (C=O) groups excluding carboxylic acids is 1. The average Bonchev–Trinajstić information content (AvgIpc) is 2.84. The molecular formula is C11H10O2S2. The van der Waals surface area contributed by atoms with Gasteiger partial charge in [0, 0.05) is 4.88 Å². The highest BCUT2D eigenvalue weighted by Gasteiger charge is 2.17. The van der Waals surface area contributed by atoms with E-state index in [1.165, 1.54) is 22.7 Å². The molecule has 0 fully saturated rings. The number of thiophene rings is 2. The number of hydrogen-bond acceptors (Lipinski definition) is 4. The molecule has 0 bridgehead atoms. The minimum absolute atomic E-state index is 0.0555. The second-order valence-electron chi connectivity index (χ2n) is 3.06. The highest BCUT2D eigenvalue weighted by Crippen LogP contribution is 2.29. The summed E-state index contributed by atoms with van der Waals surface area (Å²) in [6.07, 6.45) is 0. The molecule has 78 valence electrons. The number of ether oxygens (including phenoxy) is 1. The number of ketones is 1. The Labute approximate surface area is 96.1 Å². The molecule has 0 radical (unpaired) electrons. The van der Waals surface area contributed by atoms with E-state index in [0.717, 1.165) is 9.75 Å². The van der Waals surface area contributed by atoms with Gasteiger partial charge in [-0.25, -0.2) is 0 Å². The fourth-order valence-electron chi connectivity index (χ4n) is 1.29. The average molecular weight is 238 g/mol. The molecule has 0 aromatic carbocycles. The lowest BCUT2D eigenvalue weighted by Gasteiger charge is -1.99. The quantitative estimate of drug-likeness (QED) is 0.766. The minimum atomic E-state index is 0.0555. The van der Waals surface area contributed by atoms with E-state index in [0.29, 0.717) is 10.6 Å². The van der Waals surface area contributed by atoms with Gasteiger partial charge < -0.3 is 4.74 Å². The third-order valence-corrected chi connectivity index (χ3v) is 3.91. The monoisotopic (exact) mass is 238 g/mol. The molecule has 0 aliphatic carbocycles. The zero-order valence-electron chi connectivity index (χ0n) is 8.44. The van der Waals surface area contributed by atoms with Crippen LogP contribution in [-0.2, 0) is 0 Å². The molecule has 2 heterocycles. The molecule has 0 aliphatic rings. The summed E-state index contributed by atoms with van der Waals surface area (Å²) in [4.78, 5) is 14.6. The molecule has 0 saturated carbocycles. The molecule has 2 nitrogen and oxygen atoms in total. The smallest absolute Gasteiger partial charge is 0.216 e. The van der Waals surface area contributed by atoms with Crippen LogP contribution in [0.5, 0.6) is 5.75 Å². The van der Waals surface area contributed by atoms with E-state index >= 15 is 0 Å². The highest BCUT2D eigenvalue weighted by molar-refractivity contribution is 7.17. The van der Waals surface area contributed by atoms with Crippen LogP contribution in [-0.4, -0.2) is 12.9 Å². The Balaban J connectivity index is 2.36. The fraction of sp³-hybridized carbons (Fsp3) is 0.182. The first-order chi connectivity index (χ1) is 7.22. The van der Waals surface area contributed by atoms with Crippen molar-refractivity contribution < 1.29 is 9.53 Å². The summed E-state index contributed by atoms with van der Waals surface area (Å²) in [5, 5.41) is 1.87. The van der Waals surface area contributed by atoms with Crippen LogP contribution in [0, 0.1) is 6.92 Å². The van der Waals surface area contributed by atoms with Crippen LogP contribution in [0.1, 0.15) is 19.4 Å². The van der Waals surface area contributed by atoms with E-state index in [9.17, 15) is 4.79 Å². The largest absolute Gasteiger partial charge is 0.495 e. The topological polar surface area (TPSA) is 26.3 Å². The van der Waals surface area contributed by atoms with Crippen molar-refractivity contribution in [3.63, 3.8) is 0 Å². The predicted molar refractivity (Wildman–Crippen MR) is 63.4 cm³/mol. The van der Waals surface area contributed by atoms with Crippen LogP contribution in [0.15, 0.2) is 23.6 Å². The number of hydrogen-bond donors (Lipinski definition) is 0. The number of aryl methyl sites for hydroxylation is 1. The Morgan fingerprint density at radius 1 is 1.33 bits per heavy atom. The molecule has 0 spiro atoms. The number of carbonyl (C=O) groups is 1. The zero-order chi connectivity index (χ0) is 10.8. The summed E-state index contributed by atoms with van der Waals surface area (Å²) in [5.41, 5.74) is 0. The maximum atomic E-state index is 12.0. The van der Waals surface area contributed by atoms with Crippen LogP contribution >= 0.6 is 22.7 Å². The lowest BCUT2D eigenvalue weighted by atomic mass is 10.2. The van der Waals surface area contributed by atoms with Crippen LogP contribution in [0.4, 0.5) is 0 Å². The summed E-state index contributed by atoms with van der Waals surface area (Å²) < 4.78 is 5.13. The standard InChI is InChI=1S/C11H10O2S2/c1-7-3-4-9(15-7)10(12)11-8(13-2)5-6-14-11/h3-6H,1-2H3. The van der Waals surface area contributed by atoms with Gasteiger partial charge in [-0.3, -0.25) is 4.79 Å². The van der Waals surface area contributed by atoms with Gasteiger partial charge in [0.1, 0.15) is 10.6 Å². The Morgan fingerprint density at radius 3 is 2.73 bits per heavy atom. The van der Waals surface area contributed by atoms with Crippen LogP contribution in [0.2, 0.25) is 0 Å². The van der Waals surface area contributed by atoms with Crippen molar-refractivity contribution >= 4 is 28.5 Å². The highest BCUT2D eigenvalue weighted by atomic mass is 32.1. The maximum absolute atomic E-state index is 12.0. The van der Waals surface area contributed by atoms with E-state index in [1.54, 1.807) is 7.11 Å². The lowest BCUT2D eigenvalue weighted by Crippen LogP contribution is -1.97.